The van der Waals surface area contributed by atoms with Crippen LogP contribution in [-0.2, 0) is 33.6 Å². The Hall–Kier alpha value is -4.44. The van der Waals surface area contributed by atoms with Crippen molar-refractivity contribution in [3.05, 3.63) is 34.7 Å². The highest BCUT2D eigenvalue weighted by molar-refractivity contribution is 8.04. The summed E-state index contributed by atoms with van der Waals surface area (Å²) in [6.45, 7) is 0.949. The van der Waals surface area contributed by atoms with E-state index in [1.807, 2.05) is 11.9 Å². The predicted molar refractivity (Wildman–Crippen MR) is 182 cm³/mol. The summed E-state index contributed by atoms with van der Waals surface area (Å²) < 4.78 is 13.3. The van der Waals surface area contributed by atoms with Crippen LogP contribution in [0, 0.1) is 11.7 Å². The maximum atomic E-state index is 14.0. The Balaban J connectivity index is 0.00000702. The molecule has 0 radical (unpaired) electrons. The van der Waals surface area contributed by atoms with E-state index in [2.05, 4.69) is 20.9 Å². The van der Waals surface area contributed by atoms with Crippen molar-refractivity contribution >= 4 is 70.4 Å². The molecule has 1 aromatic rings. The van der Waals surface area contributed by atoms with Gasteiger partial charge in [-0.25, -0.2) is 19.0 Å². The monoisotopic (exact) mass is 757 g/mol. The quantitative estimate of drug-likeness (QED) is 0.149. The number of thiocarbonyl (C=S) groups is 1. The third-order valence-corrected chi connectivity index (χ3v) is 9.94. The second-order valence-corrected chi connectivity index (χ2v) is 14.0. The number of anilines is 1. The Labute approximate surface area is 301 Å². The number of carboxylic acids is 2. The molecule has 0 bridgehead atoms. The molecule has 0 aromatic carbocycles. The minimum Gasteiger partial charge on any atom is -0.481 e. The smallest absolute Gasteiger partial charge is 0.336 e. The van der Waals surface area contributed by atoms with E-state index in [9.17, 15) is 43.4 Å². The van der Waals surface area contributed by atoms with Crippen LogP contribution in [0.25, 0.3) is 0 Å². The van der Waals surface area contributed by atoms with E-state index in [1.54, 1.807) is 14.1 Å². The largest absolute Gasteiger partial charge is 0.481 e. The lowest BCUT2D eigenvalue weighted by atomic mass is 9.81. The summed E-state index contributed by atoms with van der Waals surface area (Å²) in [6.07, 6.45) is -0.288. The van der Waals surface area contributed by atoms with Gasteiger partial charge in [0.15, 0.2) is 16.0 Å². The van der Waals surface area contributed by atoms with Gasteiger partial charge in [-0.05, 0) is 38.4 Å². The summed E-state index contributed by atoms with van der Waals surface area (Å²) in [5, 5.41) is 37.1. The molecule has 1 fully saturated rings. The Bertz CT molecular complexity index is 1580. The van der Waals surface area contributed by atoms with Crippen molar-refractivity contribution in [1.29, 1.82) is 0 Å². The second kappa shape index (κ2) is 17.2. The standard InChI is InChI=1S/C30H38FN7O10S2.H2O/c1-36(2)27(44)15-4-6-17(34-26(49)24(42)35-21-7-5-16(31)13-32-21)18(10-15)33-25(43)28-38(19-8-9-37(3)14-20(19)50-28)48-23(41)12-30(47,29(45)46)11-22(39)40;/h5,7,13,15,17-18,28,47H,4,6,8-12,14H2,1-3H3,(H,33,43)(H,34,49)(H,39,40)(H,45,46)(H,32,35,42);1H2/t15-,17-,18+,28?,30?;/m0./s1. The molecule has 2 aliphatic heterocycles. The number of pyridine rings is 1. The molecule has 1 saturated carbocycles. The topological polar surface area (TPSA) is 263 Å². The summed E-state index contributed by atoms with van der Waals surface area (Å²) in [6, 6.07) is 0.991. The van der Waals surface area contributed by atoms with E-state index in [0.29, 0.717) is 43.0 Å². The maximum Gasteiger partial charge on any atom is 0.336 e. The average molecular weight is 758 g/mol. The van der Waals surface area contributed by atoms with Crippen LogP contribution in [0.3, 0.4) is 0 Å². The second-order valence-electron chi connectivity index (χ2n) is 12.5. The molecule has 3 heterocycles. The zero-order valence-electron chi connectivity index (χ0n) is 27.9. The number of amides is 3. The van der Waals surface area contributed by atoms with Crippen molar-refractivity contribution in [2.75, 3.05) is 39.5 Å². The van der Waals surface area contributed by atoms with Crippen molar-refractivity contribution < 1.29 is 58.8 Å². The summed E-state index contributed by atoms with van der Waals surface area (Å²) in [5.74, 6) is -7.40. The molecule has 0 saturated heterocycles. The molecule has 280 valence electrons. The Morgan fingerprint density at radius 1 is 1.12 bits per heavy atom. The lowest BCUT2D eigenvalue weighted by molar-refractivity contribution is -0.194. The highest BCUT2D eigenvalue weighted by atomic mass is 32.2. The summed E-state index contributed by atoms with van der Waals surface area (Å²) in [5.41, 5.74) is -2.46. The normalized spacial score (nSPS) is 22.7. The molecule has 21 heteroatoms. The number of aliphatic carboxylic acids is 2. The minimum atomic E-state index is -2.95. The van der Waals surface area contributed by atoms with E-state index in [-0.39, 0.29) is 28.6 Å². The van der Waals surface area contributed by atoms with Crippen LogP contribution in [0.15, 0.2) is 28.9 Å². The molecule has 1 aliphatic carbocycles. The van der Waals surface area contributed by atoms with Gasteiger partial charge in [0.1, 0.15) is 11.6 Å². The van der Waals surface area contributed by atoms with Crippen LogP contribution in [-0.4, -0.2) is 139 Å². The van der Waals surface area contributed by atoms with Gasteiger partial charge in [0.2, 0.25) is 5.91 Å². The number of likely N-dealkylation sites (N-methyl/N-ethyl adjacent to an activating group) is 1. The van der Waals surface area contributed by atoms with Gasteiger partial charge in [-0.15, -0.1) is 0 Å². The third kappa shape index (κ3) is 10.3. The zero-order valence-corrected chi connectivity index (χ0v) is 29.5. The summed E-state index contributed by atoms with van der Waals surface area (Å²) in [4.78, 5) is 88.8. The molecule has 8 N–H and O–H groups in total. The fraction of sp³-hybridized carbons (Fsp3) is 0.533. The van der Waals surface area contributed by atoms with Crippen LogP contribution in [0.5, 0.6) is 0 Å². The number of hydrogen-bond donors (Lipinski definition) is 6. The average Bonchev–Trinajstić information content (AvgIpc) is 3.38. The zero-order chi connectivity index (χ0) is 36.9. The van der Waals surface area contributed by atoms with Crippen LogP contribution >= 0.6 is 24.0 Å². The van der Waals surface area contributed by atoms with Crippen LogP contribution < -0.4 is 16.0 Å². The van der Waals surface area contributed by atoms with Gasteiger partial charge in [0, 0.05) is 56.5 Å². The highest BCUT2D eigenvalue weighted by Gasteiger charge is 2.46. The number of rotatable bonds is 11. The number of nitrogens with one attached hydrogen (secondary N) is 3. The number of carboxylic acid groups (broad SMARTS) is 2. The highest BCUT2D eigenvalue weighted by Crippen LogP contribution is 2.43. The number of nitrogens with zero attached hydrogens (tertiary/aromatic N) is 4. The molecule has 5 atom stereocenters. The van der Waals surface area contributed by atoms with Crippen LogP contribution in [0.4, 0.5) is 10.2 Å². The Kier molecular flexibility index (Phi) is 13.8. The van der Waals surface area contributed by atoms with Gasteiger partial charge < -0.3 is 51.4 Å². The number of halogens is 1. The first-order chi connectivity index (χ1) is 23.5. The minimum absolute atomic E-state index is 0. The first-order valence-electron chi connectivity index (χ1n) is 15.5. The van der Waals surface area contributed by atoms with Crippen LogP contribution in [0.2, 0.25) is 0 Å². The van der Waals surface area contributed by atoms with E-state index >= 15 is 0 Å². The number of aromatic nitrogens is 1. The molecule has 1 aromatic heterocycles. The fourth-order valence-electron chi connectivity index (χ4n) is 5.82. The molecule has 3 amide bonds. The van der Waals surface area contributed by atoms with Gasteiger partial charge in [-0.3, -0.25) is 19.2 Å². The van der Waals surface area contributed by atoms with E-state index < -0.39 is 77.4 Å². The number of carbonyl (C=O) groups is 6. The van der Waals surface area contributed by atoms with Crippen molar-refractivity contribution in [2.24, 2.45) is 5.92 Å². The molecule has 2 unspecified atom stereocenters. The van der Waals surface area contributed by atoms with Crippen LogP contribution in [0.1, 0.15) is 38.5 Å². The van der Waals surface area contributed by atoms with Crippen molar-refractivity contribution in [1.82, 2.24) is 30.5 Å². The maximum absolute atomic E-state index is 14.0. The number of hydrogen-bond acceptors (Lipinski definition) is 13. The van der Waals surface area contributed by atoms with Crippen molar-refractivity contribution in [3.8, 4) is 0 Å². The van der Waals surface area contributed by atoms with E-state index in [0.717, 1.165) is 29.1 Å². The lowest BCUT2D eigenvalue weighted by Crippen LogP contribution is -2.58. The van der Waals surface area contributed by atoms with Gasteiger partial charge >= 0.3 is 17.9 Å². The first-order valence-corrected chi connectivity index (χ1v) is 16.8. The van der Waals surface area contributed by atoms with Crippen molar-refractivity contribution in [2.45, 2.75) is 61.6 Å². The Morgan fingerprint density at radius 3 is 2.43 bits per heavy atom. The molecular weight excluding hydrogens is 718 g/mol. The molecular formula is C30H40FN7O11S2. The molecule has 3 aliphatic rings. The fourth-order valence-corrected chi connectivity index (χ4v) is 7.36. The number of thioether (sulfide) groups is 1. The summed E-state index contributed by atoms with van der Waals surface area (Å²) in [7, 11) is 5.08. The molecule has 18 nitrogen and oxygen atoms in total. The predicted octanol–water partition coefficient (Wildman–Crippen LogP) is -0.946. The number of hydroxylamine groups is 2. The lowest BCUT2D eigenvalue weighted by Gasteiger charge is -2.38. The van der Waals surface area contributed by atoms with Gasteiger partial charge in [-0.2, -0.15) is 5.06 Å². The summed E-state index contributed by atoms with van der Waals surface area (Å²) >= 11 is 6.42. The SMILES string of the molecule is CN1CCC2=C(C1)SC(C(=O)N[C@@H]1C[C@@H](C(=O)N(C)C)CC[C@@H]1NC(=S)C(=O)Nc1ccc(F)cn1)N2OC(=O)CC(O)(CC(=O)O)C(=O)O.O. The first kappa shape index (κ1) is 41.0. The van der Waals surface area contributed by atoms with Gasteiger partial charge in [-0.1, -0.05) is 24.0 Å². The van der Waals surface area contributed by atoms with Gasteiger partial charge in [0.05, 0.1) is 24.7 Å². The molecule has 0 spiro atoms. The van der Waals surface area contributed by atoms with Gasteiger partial charge in [0.25, 0.3) is 11.8 Å². The van der Waals surface area contributed by atoms with Crippen molar-refractivity contribution in [3.63, 3.8) is 0 Å². The number of aliphatic hydroxyl groups is 1. The molecule has 51 heavy (non-hydrogen) atoms. The third-order valence-electron chi connectivity index (χ3n) is 8.36. The Morgan fingerprint density at radius 2 is 1.82 bits per heavy atom. The number of carbonyl (C=O) groups excluding carboxylic acids is 4. The van der Waals surface area contributed by atoms with E-state index in [4.69, 9.17) is 22.2 Å². The van der Waals surface area contributed by atoms with E-state index in [1.165, 1.54) is 11.0 Å². The molecule has 4 rings (SSSR count).